The minimum absolute atomic E-state index is 0.0167. The minimum atomic E-state index is -1.06. The smallest absolute Gasteiger partial charge is 0.326 e. The predicted molar refractivity (Wildman–Crippen MR) is 71.2 cm³/mol. The largest absolute Gasteiger partial charge is 0.508 e. The quantitative estimate of drug-likeness (QED) is 0.759. The Kier molecular flexibility index (Phi) is 4.92. The summed E-state index contributed by atoms with van der Waals surface area (Å²) in [6.07, 6.45) is 0.649. The molecule has 1 aromatic carbocycles. The number of carbonyl (C=O) groups excluding carboxylic acids is 1. The number of phenolic OH excluding ortho intramolecular Hbond substituents is 1. The molecule has 3 N–H and O–H groups in total. The molecule has 1 aromatic rings. The number of nitrogens with one attached hydrogen (secondary N) is 1. The summed E-state index contributed by atoms with van der Waals surface area (Å²) in [6, 6.07) is 3.57. The first-order valence-corrected chi connectivity index (χ1v) is 6.20. The first kappa shape index (κ1) is 15.0. The van der Waals surface area contributed by atoms with Gasteiger partial charge in [-0.15, -0.1) is 0 Å². The van der Waals surface area contributed by atoms with Gasteiger partial charge < -0.3 is 15.5 Å². The van der Waals surface area contributed by atoms with E-state index in [0.717, 1.165) is 0 Å². The number of amides is 1. The van der Waals surface area contributed by atoms with E-state index in [4.69, 9.17) is 5.11 Å². The van der Waals surface area contributed by atoms with Crippen molar-refractivity contribution in [2.45, 2.75) is 33.2 Å². The molecular weight excluding hydrogens is 246 g/mol. The third-order valence-corrected chi connectivity index (χ3v) is 3.24. The lowest BCUT2D eigenvalue weighted by Gasteiger charge is -2.20. The average Bonchev–Trinajstić information content (AvgIpc) is 2.37. The van der Waals surface area contributed by atoms with E-state index in [1.54, 1.807) is 26.0 Å². The Balaban J connectivity index is 2.87. The third-order valence-electron chi connectivity index (χ3n) is 3.24. The van der Waals surface area contributed by atoms with Crippen LogP contribution in [0.5, 0.6) is 5.75 Å². The van der Waals surface area contributed by atoms with Crippen LogP contribution in [0.25, 0.3) is 0 Å². The minimum Gasteiger partial charge on any atom is -0.508 e. The highest BCUT2D eigenvalue weighted by atomic mass is 16.4. The maximum absolute atomic E-state index is 12.0. The molecule has 0 radical (unpaired) electrons. The van der Waals surface area contributed by atoms with Crippen molar-refractivity contribution in [3.05, 3.63) is 29.3 Å². The van der Waals surface area contributed by atoms with E-state index in [-0.39, 0.29) is 17.2 Å². The first-order chi connectivity index (χ1) is 8.86. The van der Waals surface area contributed by atoms with Crippen LogP contribution >= 0.6 is 0 Å². The molecule has 2 atom stereocenters. The van der Waals surface area contributed by atoms with Gasteiger partial charge in [-0.05, 0) is 30.5 Å². The van der Waals surface area contributed by atoms with Crippen LogP contribution in [0.2, 0.25) is 0 Å². The fourth-order valence-electron chi connectivity index (χ4n) is 1.66. The number of benzene rings is 1. The lowest BCUT2D eigenvalue weighted by molar-refractivity contribution is -0.140. The number of rotatable bonds is 5. The van der Waals surface area contributed by atoms with Gasteiger partial charge in [0.1, 0.15) is 11.8 Å². The van der Waals surface area contributed by atoms with Crippen molar-refractivity contribution in [3.8, 4) is 5.75 Å². The SMILES string of the molecule is CCC(C)C(NC(=O)c1ccc(C)c(O)c1)C(=O)O. The number of carboxylic acids is 1. The van der Waals surface area contributed by atoms with Crippen LogP contribution in [-0.4, -0.2) is 28.1 Å². The van der Waals surface area contributed by atoms with E-state index in [2.05, 4.69) is 5.32 Å². The molecule has 0 heterocycles. The predicted octanol–water partition coefficient (Wildman–Crippen LogP) is 1.93. The highest BCUT2D eigenvalue weighted by Crippen LogP contribution is 2.18. The number of hydrogen-bond donors (Lipinski definition) is 3. The van der Waals surface area contributed by atoms with E-state index in [9.17, 15) is 14.7 Å². The van der Waals surface area contributed by atoms with Crippen molar-refractivity contribution in [2.24, 2.45) is 5.92 Å². The maximum Gasteiger partial charge on any atom is 0.326 e. The zero-order chi connectivity index (χ0) is 14.6. The van der Waals surface area contributed by atoms with Crippen LogP contribution in [-0.2, 0) is 4.79 Å². The van der Waals surface area contributed by atoms with Gasteiger partial charge in [-0.2, -0.15) is 0 Å². The Morgan fingerprint density at radius 3 is 2.47 bits per heavy atom. The van der Waals surface area contributed by atoms with E-state index in [1.165, 1.54) is 6.07 Å². The monoisotopic (exact) mass is 265 g/mol. The Morgan fingerprint density at radius 2 is 2.00 bits per heavy atom. The van der Waals surface area contributed by atoms with Crippen molar-refractivity contribution in [3.63, 3.8) is 0 Å². The van der Waals surface area contributed by atoms with Gasteiger partial charge in [-0.3, -0.25) is 4.79 Å². The van der Waals surface area contributed by atoms with Crippen molar-refractivity contribution < 1.29 is 19.8 Å². The summed E-state index contributed by atoms with van der Waals surface area (Å²) in [7, 11) is 0. The van der Waals surface area contributed by atoms with Gasteiger partial charge >= 0.3 is 5.97 Å². The molecule has 1 rings (SSSR count). The van der Waals surface area contributed by atoms with Gasteiger partial charge in [-0.1, -0.05) is 26.3 Å². The Hall–Kier alpha value is -2.04. The van der Waals surface area contributed by atoms with Crippen LogP contribution in [0, 0.1) is 12.8 Å². The zero-order valence-electron chi connectivity index (χ0n) is 11.3. The number of aryl methyl sites for hydroxylation is 1. The summed E-state index contributed by atoms with van der Waals surface area (Å²) in [5, 5.41) is 21.1. The van der Waals surface area contributed by atoms with Gasteiger partial charge in [0.25, 0.3) is 5.91 Å². The molecule has 0 saturated carbocycles. The molecule has 0 aromatic heterocycles. The molecule has 0 aliphatic carbocycles. The lowest BCUT2D eigenvalue weighted by Crippen LogP contribution is -2.45. The van der Waals surface area contributed by atoms with Crippen LogP contribution < -0.4 is 5.32 Å². The molecule has 2 unspecified atom stereocenters. The Bertz CT molecular complexity index is 484. The Morgan fingerprint density at radius 1 is 1.37 bits per heavy atom. The fourth-order valence-corrected chi connectivity index (χ4v) is 1.66. The molecule has 5 heteroatoms. The number of hydrogen-bond acceptors (Lipinski definition) is 3. The summed E-state index contributed by atoms with van der Waals surface area (Å²) in [6.45, 7) is 5.35. The molecule has 0 spiro atoms. The third kappa shape index (κ3) is 3.71. The molecule has 5 nitrogen and oxygen atoms in total. The summed E-state index contributed by atoms with van der Waals surface area (Å²) in [5.41, 5.74) is 0.908. The molecule has 0 bridgehead atoms. The molecule has 1 amide bonds. The molecule has 0 aliphatic heterocycles. The second kappa shape index (κ2) is 6.22. The summed E-state index contributed by atoms with van der Waals surface area (Å²) in [4.78, 5) is 23.1. The molecule has 19 heavy (non-hydrogen) atoms. The number of phenols is 1. The van der Waals surface area contributed by atoms with E-state index in [1.807, 2.05) is 6.92 Å². The number of aromatic hydroxyl groups is 1. The van der Waals surface area contributed by atoms with Gasteiger partial charge in [0.15, 0.2) is 0 Å². The van der Waals surface area contributed by atoms with Gasteiger partial charge in [0, 0.05) is 5.56 Å². The van der Waals surface area contributed by atoms with Crippen molar-refractivity contribution >= 4 is 11.9 Å². The molecule has 0 saturated heterocycles. The van der Waals surface area contributed by atoms with Crippen LogP contribution in [0.4, 0.5) is 0 Å². The highest BCUT2D eigenvalue weighted by Gasteiger charge is 2.25. The second-order valence-electron chi connectivity index (χ2n) is 4.68. The topological polar surface area (TPSA) is 86.6 Å². The fraction of sp³-hybridized carbons (Fsp3) is 0.429. The molecule has 0 aliphatic rings. The summed E-state index contributed by atoms with van der Waals surface area (Å²) < 4.78 is 0. The average molecular weight is 265 g/mol. The van der Waals surface area contributed by atoms with E-state index < -0.39 is 17.9 Å². The molecular formula is C14H19NO4. The van der Waals surface area contributed by atoms with Crippen LogP contribution in [0.1, 0.15) is 36.2 Å². The zero-order valence-corrected chi connectivity index (χ0v) is 11.3. The lowest BCUT2D eigenvalue weighted by atomic mass is 9.99. The van der Waals surface area contributed by atoms with Crippen LogP contribution in [0.3, 0.4) is 0 Å². The molecule has 0 fully saturated rings. The van der Waals surface area contributed by atoms with Gasteiger partial charge in [0.2, 0.25) is 0 Å². The van der Waals surface area contributed by atoms with Crippen molar-refractivity contribution in [1.29, 1.82) is 0 Å². The van der Waals surface area contributed by atoms with E-state index >= 15 is 0 Å². The number of aliphatic carboxylic acids is 1. The van der Waals surface area contributed by atoms with Crippen molar-refractivity contribution in [2.75, 3.05) is 0 Å². The maximum atomic E-state index is 12.0. The van der Waals surface area contributed by atoms with Gasteiger partial charge in [0.05, 0.1) is 0 Å². The number of carboxylic acid groups (broad SMARTS) is 1. The van der Waals surface area contributed by atoms with Gasteiger partial charge in [-0.25, -0.2) is 4.79 Å². The normalized spacial score (nSPS) is 13.6. The highest BCUT2D eigenvalue weighted by molar-refractivity contribution is 5.97. The first-order valence-electron chi connectivity index (χ1n) is 6.20. The Labute approximate surface area is 112 Å². The van der Waals surface area contributed by atoms with E-state index in [0.29, 0.717) is 12.0 Å². The molecule has 104 valence electrons. The van der Waals surface area contributed by atoms with Crippen LogP contribution in [0.15, 0.2) is 18.2 Å². The summed E-state index contributed by atoms with van der Waals surface area (Å²) >= 11 is 0. The standard InChI is InChI=1S/C14H19NO4/c1-4-8(2)12(14(18)19)15-13(17)10-6-5-9(3)11(16)7-10/h5-8,12,16H,4H2,1-3H3,(H,15,17)(H,18,19). The second-order valence-corrected chi connectivity index (χ2v) is 4.68. The number of carbonyl (C=O) groups is 2. The van der Waals surface area contributed by atoms with Crippen molar-refractivity contribution in [1.82, 2.24) is 5.32 Å². The summed E-state index contributed by atoms with van der Waals surface area (Å²) in [5.74, 6) is -1.70.